The van der Waals surface area contributed by atoms with E-state index in [1.54, 1.807) is 11.3 Å². The van der Waals surface area contributed by atoms with Gasteiger partial charge in [-0.2, -0.15) is 11.3 Å². The Labute approximate surface area is 185 Å². The molecule has 1 saturated heterocycles. The van der Waals surface area contributed by atoms with Crippen molar-refractivity contribution in [3.05, 3.63) is 22.4 Å². The second-order valence-corrected chi connectivity index (χ2v) is 10.1. The van der Waals surface area contributed by atoms with Gasteiger partial charge in [0.2, 0.25) is 0 Å². The van der Waals surface area contributed by atoms with E-state index in [1.165, 1.54) is 11.8 Å². The van der Waals surface area contributed by atoms with E-state index in [2.05, 4.69) is 46.2 Å². The minimum atomic E-state index is -2.88. The Bertz CT molecular complexity index is 657. The van der Waals surface area contributed by atoms with Gasteiger partial charge in [0.05, 0.1) is 5.75 Å². The smallest absolute Gasteiger partial charge is 0.191 e. The van der Waals surface area contributed by atoms with Crippen LogP contribution in [-0.4, -0.2) is 70.1 Å². The van der Waals surface area contributed by atoms with Gasteiger partial charge in [0.1, 0.15) is 9.84 Å². The first-order chi connectivity index (χ1) is 12.4. The molecule has 1 aliphatic rings. The molecule has 0 aromatic carbocycles. The van der Waals surface area contributed by atoms with E-state index in [0.29, 0.717) is 18.5 Å². The van der Waals surface area contributed by atoms with Crippen LogP contribution in [0.15, 0.2) is 21.8 Å². The van der Waals surface area contributed by atoms with Crippen molar-refractivity contribution in [1.29, 1.82) is 0 Å². The zero-order chi connectivity index (χ0) is 19.0. The monoisotopic (exact) mass is 528 g/mol. The van der Waals surface area contributed by atoms with Crippen LogP contribution in [0, 0.1) is 0 Å². The van der Waals surface area contributed by atoms with E-state index in [9.17, 15) is 8.42 Å². The average molecular weight is 529 g/mol. The zero-order valence-electron chi connectivity index (χ0n) is 16.5. The Hall–Kier alpha value is -0.390. The van der Waals surface area contributed by atoms with Crippen molar-refractivity contribution in [1.82, 2.24) is 15.5 Å². The van der Waals surface area contributed by atoms with Crippen molar-refractivity contribution in [2.75, 3.05) is 44.7 Å². The molecule has 6 nitrogen and oxygen atoms in total. The molecule has 0 saturated carbocycles. The number of nitrogens with zero attached hydrogens (tertiary/aromatic N) is 2. The van der Waals surface area contributed by atoms with Crippen LogP contribution in [0.3, 0.4) is 0 Å². The van der Waals surface area contributed by atoms with Crippen molar-refractivity contribution in [2.45, 2.75) is 38.6 Å². The summed E-state index contributed by atoms with van der Waals surface area (Å²) < 4.78 is 22.6. The molecule has 0 amide bonds. The van der Waals surface area contributed by atoms with Gasteiger partial charge in [0.15, 0.2) is 5.96 Å². The highest BCUT2D eigenvalue weighted by Crippen LogP contribution is 2.18. The van der Waals surface area contributed by atoms with Gasteiger partial charge in [-0.25, -0.2) is 8.42 Å². The van der Waals surface area contributed by atoms with Gasteiger partial charge in [0, 0.05) is 50.9 Å². The number of aliphatic imine (C=N–C) groups is 1. The Morgan fingerprint density at radius 3 is 2.67 bits per heavy atom. The van der Waals surface area contributed by atoms with E-state index < -0.39 is 9.84 Å². The average Bonchev–Trinajstić information content (AvgIpc) is 3.13. The first kappa shape index (κ1) is 24.6. The Morgan fingerprint density at radius 2 is 2.11 bits per heavy atom. The van der Waals surface area contributed by atoms with E-state index >= 15 is 0 Å². The third-order valence-corrected chi connectivity index (χ3v) is 6.31. The van der Waals surface area contributed by atoms with Gasteiger partial charge >= 0.3 is 0 Å². The number of rotatable bonds is 8. The van der Waals surface area contributed by atoms with E-state index in [4.69, 9.17) is 4.99 Å². The summed E-state index contributed by atoms with van der Waals surface area (Å²) in [4.78, 5) is 7.00. The summed E-state index contributed by atoms with van der Waals surface area (Å²) in [7, 11) is -2.88. The molecule has 0 bridgehead atoms. The maximum atomic E-state index is 11.3. The Balaban J connectivity index is 0.00000364. The summed E-state index contributed by atoms with van der Waals surface area (Å²) in [6.45, 7) is 8.38. The predicted molar refractivity (Wildman–Crippen MR) is 126 cm³/mol. The second kappa shape index (κ2) is 12.2. The summed E-state index contributed by atoms with van der Waals surface area (Å²) in [6.07, 6.45) is 3.32. The molecular formula is C18H33IN4O2S2. The van der Waals surface area contributed by atoms with Gasteiger partial charge in [-0.1, -0.05) is 6.92 Å². The number of guanidine groups is 1. The Kier molecular flexibility index (Phi) is 11.2. The maximum absolute atomic E-state index is 11.3. The summed E-state index contributed by atoms with van der Waals surface area (Å²) >= 11 is 1.72. The van der Waals surface area contributed by atoms with Crippen LogP contribution in [0.2, 0.25) is 0 Å². The molecule has 156 valence electrons. The maximum Gasteiger partial charge on any atom is 0.191 e. The summed E-state index contributed by atoms with van der Waals surface area (Å²) in [5.41, 5.74) is 1.34. The molecular weight excluding hydrogens is 495 g/mol. The molecule has 2 heterocycles. The molecule has 1 fully saturated rings. The summed E-state index contributed by atoms with van der Waals surface area (Å²) in [6, 6.07) is 2.55. The normalized spacial score (nSPS) is 18.0. The lowest BCUT2D eigenvalue weighted by Gasteiger charge is -2.33. The number of sulfone groups is 1. The molecule has 0 radical (unpaired) electrons. The van der Waals surface area contributed by atoms with Crippen molar-refractivity contribution in [2.24, 2.45) is 4.99 Å². The number of halogens is 1. The number of thiophene rings is 1. The molecule has 1 aliphatic heterocycles. The third kappa shape index (κ3) is 9.58. The van der Waals surface area contributed by atoms with Crippen molar-refractivity contribution in [3.8, 4) is 0 Å². The molecule has 9 heteroatoms. The largest absolute Gasteiger partial charge is 0.357 e. The van der Waals surface area contributed by atoms with Crippen LogP contribution in [0.1, 0.15) is 38.2 Å². The predicted octanol–water partition coefficient (Wildman–Crippen LogP) is 2.53. The zero-order valence-corrected chi connectivity index (χ0v) is 20.4. The highest BCUT2D eigenvalue weighted by atomic mass is 127. The molecule has 0 spiro atoms. The molecule has 1 aromatic heterocycles. The fraction of sp³-hybridized carbons (Fsp3) is 0.722. The first-order valence-corrected chi connectivity index (χ1v) is 12.3. The molecule has 1 unspecified atom stereocenters. The summed E-state index contributed by atoms with van der Waals surface area (Å²) in [5.74, 6) is 1.54. The molecule has 1 atom stereocenters. The number of nitrogens with one attached hydrogen (secondary N) is 2. The standard InChI is InChI=1S/C18H32N4O2S2.HI/c1-4-19-18(20-13-15(2)16-7-11-25-14-16)21-17-5-8-22(9-6-17)10-12-26(3,23)24;/h7,11,14-15,17H,4-6,8-10,12-13H2,1-3H3,(H2,19,20,21);1H. The van der Waals surface area contributed by atoms with Gasteiger partial charge in [-0.05, 0) is 42.2 Å². The first-order valence-electron chi connectivity index (χ1n) is 9.34. The second-order valence-electron chi connectivity index (χ2n) is 7.07. The van der Waals surface area contributed by atoms with Crippen LogP contribution < -0.4 is 10.6 Å². The fourth-order valence-electron chi connectivity index (χ4n) is 3.00. The van der Waals surface area contributed by atoms with Crippen LogP contribution in [-0.2, 0) is 9.84 Å². The van der Waals surface area contributed by atoms with E-state index in [1.807, 2.05) is 0 Å². The van der Waals surface area contributed by atoms with Crippen molar-refractivity contribution < 1.29 is 8.42 Å². The molecule has 27 heavy (non-hydrogen) atoms. The molecule has 0 aliphatic carbocycles. The summed E-state index contributed by atoms with van der Waals surface area (Å²) in [5, 5.41) is 11.2. The SMILES string of the molecule is CCNC(=NCC(C)c1ccsc1)NC1CCN(CCS(C)(=O)=O)CC1.I. The van der Waals surface area contributed by atoms with Crippen LogP contribution in [0.5, 0.6) is 0 Å². The van der Waals surface area contributed by atoms with E-state index in [-0.39, 0.29) is 29.7 Å². The van der Waals surface area contributed by atoms with Gasteiger partial charge in [0.25, 0.3) is 0 Å². The topological polar surface area (TPSA) is 73.8 Å². The highest BCUT2D eigenvalue weighted by Gasteiger charge is 2.20. The lowest BCUT2D eigenvalue weighted by atomic mass is 10.1. The highest BCUT2D eigenvalue weighted by molar-refractivity contribution is 14.0. The number of hydrogen-bond acceptors (Lipinski definition) is 5. The number of piperidine rings is 1. The molecule has 2 rings (SSSR count). The van der Waals surface area contributed by atoms with Crippen molar-refractivity contribution >= 4 is 51.1 Å². The van der Waals surface area contributed by atoms with Gasteiger partial charge in [-0.15, -0.1) is 24.0 Å². The van der Waals surface area contributed by atoms with Crippen LogP contribution in [0.4, 0.5) is 0 Å². The van der Waals surface area contributed by atoms with E-state index in [0.717, 1.165) is 45.0 Å². The third-order valence-electron chi connectivity index (χ3n) is 4.69. The minimum absolute atomic E-state index is 0. The number of hydrogen-bond donors (Lipinski definition) is 2. The van der Waals surface area contributed by atoms with Crippen LogP contribution >= 0.6 is 35.3 Å². The van der Waals surface area contributed by atoms with Gasteiger partial charge in [-0.3, -0.25) is 4.99 Å². The quantitative estimate of drug-likeness (QED) is 0.308. The van der Waals surface area contributed by atoms with Crippen LogP contribution in [0.25, 0.3) is 0 Å². The molecule has 1 aromatic rings. The number of likely N-dealkylation sites (tertiary alicyclic amines) is 1. The lowest BCUT2D eigenvalue weighted by Crippen LogP contribution is -2.49. The van der Waals surface area contributed by atoms with Gasteiger partial charge < -0.3 is 15.5 Å². The Morgan fingerprint density at radius 1 is 1.41 bits per heavy atom. The van der Waals surface area contributed by atoms with Crippen molar-refractivity contribution in [3.63, 3.8) is 0 Å². The molecule has 2 N–H and O–H groups in total. The minimum Gasteiger partial charge on any atom is -0.357 e. The fourth-order valence-corrected chi connectivity index (χ4v) is 4.37. The lowest BCUT2D eigenvalue weighted by molar-refractivity contribution is 0.216.